The van der Waals surface area contributed by atoms with Crippen LogP contribution in [0.3, 0.4) is 0 Å². The van der Waals surface area contributed by atoms with Crippen LogP contribution in [0.4, 0.5) is 0 Å². The van der Waals surface area contributed by atoms with Crippen LogP contribution in [-0.2, 0) is 0 Å². The monoisotopic (exact) mass is 180 g/mol. The Labute approximate surface area is 80.5 Å². The zero-order valence-corrected chi connectivity index (χ0v) is 8.28. The standard InChI is InChI=1S/C11H20N2/c12-10-4-11(5-10)13-6-8-2-1-3-9(8)7-13/h8-11H,1-7,12H2. The van der Waals surface area contributed by atoms with Crippen LogP contribution in [-0.4, -0.2) is 30.1 Å². The number of nitrogens with zero attached hydrogens (tertiary/aromatic N) is 1. The molecule has 2 heteroatoms. The zero-order valence-electron chi connectivity index (χ0n) is 8.28. The lowest BCUT2D eigenvalue weighted by atomic mass is 9.86. The van der Waals surface area contributed by atoms with Gasteiger partial charge in [0.2, 0.25) is 0 Å². The van der Waals surface area contributed by atoms with Crippen molar-refractivity contribution in [3.8, 4) is 0 Å². The number of rotatable bonds is 1. The lowest BCUT2D eigenvalue weighted by molar-refractivity contribution is 0.128. The number of hydrogen-bond donors (Lipinski definition) is 1. The Morgan fingerprint density at radius 2 is 1.62 bits per heavy atom. The topological polar surface area (TPSA) is 29.3 Å². The summed E-state index contributed by atoms with van der Waals surface area (Å²) in [5.74, 6) is 2.11. The van der Waals surface area contributed by atoms with Crippen molar-refractivity contribution in [3.63, 3.8) is 0 Å². The predicted octanol–water partition coefficient (Wildman–Crippen LogP) is 1.21. The molecule has 3 aliphatic rings. The third-order valence-corrected chi connectivity index (χ3v) is 4.42. The minimum Gasteiger partial charge on any atom is -0.328 e. The second-order valence-corrected chi connectivity index (χ2v) is 5.29. The summed E-state index contributed by atoms with van der Waals surface area (Å²) < 4.78 is 0. The summed E-state index contributed by atoms with van der Waals surface area (Å²) in [5.41, 5.74) is 5.83. The quantitative estimate of drug-likeness (QED) is 0.657. The number of likely N-dealkylation sites (tertiary alicyclic amines) is 1. The number of fused-ring (bicyclic) bond motifs is 1. The third kappa shape index (κ3) is 1.31. The van der Waals surface area contributed by atoms with Crippen LogP contribution in [0, 0.1) is 11.8 Å². The van der Waals surface area contributed by atoms with Crippen molar-refractivity contribution < 1.29 is 0 Å². The van der Waals surface area contributed by atoms with Gasteiger partial charge in [-0.2, -0.15) is 0 Å². The maximum Gasteiger partial charge on any atom is 0.0125 e. The molecular weight excluding hydrogens is 160 g/mol. The van der Waals surface area contributed by atoms with E-state index in [4.69, 9.17) is 5.73 Å². The van der Waals surface area contributed by atoms with Crippen LogP contribution in [0.2, 0.25) is 0 Å². The normalized spacial score (nSPS) is 50.5. The van der Waals surface area contributed by atoms with E-state index in [0.717, 1.165) is 17.9 Å². The first kappa shape index (κ1) is 8.25. The van der Waals surface area contributed by atoms with Gasteiger partial charge in [-0.3, -0.25) is 4.90 Å². The molecule has 2 unspecified atom stereocenters. The van der Waals surface area contributed by atoms with Crippen LogP contribution in [0.25, 0.3) is 0 Å². The van der Waals surface area contributed by atoms with Gasteiger partial charge in [-0.05, 0) is 37.5 Å². The summed E-state index contributed by atoms with van der Waals surface area (Å²) in [6, 6.07) is 1.38. The zero-order chi connectivity index (χ0) is 8.84. The van der Waals surface area contributed by atoms with Crippen molar-refractivity contribution in [2.24, 2.45) is 17.6 Å². The van der Waals surface area contributed by atoms with E-state index in [0.29, 0.717) is 6.04 Å². The molecule has 0 amide bonds. The molecule has 0 radical (unpaired) electrons. The molecule has 1 aliphatic heterocycles. The molecule has 74 valence electrons. The first-order valence-electron chi connectivity index (χ1n) is 5.82. The summed E-state index contributed by atoms with van der Waals surface area (Å²) in [5, 5.41) is 0. The lowest BCUT2D eigenvalue weighted by Gasteiger charge is -2.39. The molecule has 0 aromatic heterocycles. The van der Waals surface area contributed by atoms with Gasteiger partial charge >= 0.3 is 0 Å². The molecule has 2 atom stereocenters. The highest BCUT2D eigenvalue weighted by molar-refractivity contribution is 4.96. The van der Waals surface area contributed by atoms with E-state index in [2.05, 4.69) is 4.90 Å². The van der Waals surface area contributed by atoms with Gasteiger partial charge < -0.3 is 5.73 Å². The van der Waals surface area contributed by atoms with Gasteiger partial charge in [0.25, 0.3) is 0 Å². The maximum absolute atomic E-state index is 5.83. The smallest absolute Gasteiger partial charge is 0.0125 e. The van der Waals surface area contributed by atoms with Crippen LogP contribution in [0.15, 0.2) is 0 Å². The van der Waals surface area contributed by atoms with Gasteiger partial charge in [0, 0.05) is 25.2 Å². The Morgan fingerprint density at radius 3 is 2.15 bits per heavy atom. The molecule has 0 aromatic carbocycles. The molecule has 0 spiro atoms. The summed E-state index contributed by atoms with van der Waals surface area (Å²) in [7, 11) is 0. The Hall–Kier alpha value is -0.0800. The van der Waals surface area contributed by atoms with Crippen molar-refractivity contribution in [3.05, 3.63) is 0 Å². The molecular formula is C11H20N2. The van der Waals surface area contributed by atoms with Gasteiger partial charge in [-0.15, -0.1) is 0 Å². The fourth-order valence-electron chi connectivity index (χ4n) is 3.50. The van der Waals surface area contributed by atoms with E-state index in [9.17, 15) is 0 Å². The van der Waals surface area contributed by atoms with Crippen molar-refractivity contribution in [1.82, 2.24) is 4.90 Å². The molecule has 1 heterocycles. The van der Waals surface area contributed by atoms with Gasteiger partial charge in [-0.1, -0.05) is 6.42 Å². The van der Waals surface area contributed by atoms with E-state index in [1.165, 1.54) is 45.2 Å². The first-order valence-corrected chi connectivity index (χ1v) is 5.82. The van der Waals surface area contributed by atoms with Gasteiger partial charge in [-0.25, -0.2) is 0 Å². The summed E-state index contributed by atoms with van der Waals surface area (Å²) in [4.78, 5) is 2.72. The fraction of sp³-hybridized carbons (Fsp3) is 1.00. The van der Waals surface area contributed by atoms with E-state index >= 15 is 0 Å². The Kier molecular flexibility index (Phi) is 1.88. The average molecular weight is 180 g/mol. The SMILES string of the molecule is NC1CC(N2CC3CCCC3C2)C1. The fourth-order valence-corrected chi connectivity index (χ4v) is 3.50. The highest BCUT2D eigenvalue weighted by Gasteiger charge is 2.41. The molecule has 13 heavy (non-hydrogen) atoms. The highest BCUT2D eigenvalue weighted by Crippen LogP contribution is 2.40. The van der Waals surface area contributed by atoms with Crippen molar-refractivity contribution in [2.45, 2.75) is 44.2 Å². The van der Waals surface area contributed by atoms with Crippen molar-refractivity contribution in [2.75, 3.05) is 13.1 Å². The molecule has 3 rings (SSSR count). The van der Waals surface area contributed by atoms with E-state index in [1.807, 2.05) is 0 Å². The third-order valence-electron chi connectivity index (χ3n) is 4.42. The van der Waals surface area contributed by atoms with E-state index in [1.54, 1.807) is 0 Å². The minimum atomic E-state index is 0.519. The van der Waals surface area contributed by atoms with E-state index in [-0.39, 0.29) is 0 Å². The molecule has 3 fully saturated rings. The second kappa shape index (κ2) is 2.96. The molecule has 2 nitrogen and oxygen atoms in total. The Balaban J connectivity index is 1.58. The lowest BCUT2D eigenvalue weighted by Crippen LogP contribution is -2.50. The first-order chi connectivity index (χ1) is 6.33. The Bertz CT molecular complexity index is 186. The molecule has 2 N–H and O–H groups in total. The Morgan fingerprint density at radius 1 is 1.00 bits per heavy atom. The second-order valence-electron chi connectivity index (χ2n) is 5.29. The van der Waals surface area contributed by atoms with Crippen molar-refractivity contribution in [1.29, 1.82) is 0 Å². The average Bonchev–Trinajstić information content (AvgIpc) is 2.55. The number of hydrogen-bond acceptors (Lipinski definition) is 2. The minimum absolute atomic E-state index is 0.519. The largest absolute Gasteiger partial charge is 0.328 e. The van der Waals surface area contributed by atoms with Crippen molar-refractivity contribution >= 4 is 0 Å². The van der Waals surface area contributed by atoms with Gasteiger partial charge in [0.15, 0.2) is 0 Å². The molecule has 2 saturated carbocycles. The highest BCUT2D eigenvalue weighted by atomic mass is 15.2. The molecule has 0 aromatic rings. The van der Waals surface area contributed by atoms with Gasteiger partial charge in [0.1, 0.15) is 0 Å². The number of nitrogens with two attached hydrogens (primary N) is 1. The maximum atomic E-state index is 5.83. The summed E-state index contributed by atoms with van der Waals surface area (Å²) >= 11 is 0. The van der Waals surface area contributed by atoms with Crippen LogP contribution in [0.5, 0.6) is 0 Å². The molecule has 0 bridgehead atoms. The van der Waals surface area contributed by atoms with Crippen LogP contribution < -0.4 is 5.73 Å². The van der Waals surface area contributed by atoms with E-state index < -0.39 is 0 Å². The van der Waals surface area contributed by atoms with Gasteiger partial charge in [0.05, 0.1) is 0 Å². The summed E-state index contributed by atoms with van der Waals surface area (Å²) in [6.45, 7) is 2.78. The van der Waals surface area contributed by atoms with Crippen LogP contribution >= 0.6 is 0 Å². The van der Waals surface area contributed by atoms with Crippen LogP contribution in [0.1, 0.15) is 32.1 Å². The molecule has 2 aliphatic carbocycles. The summed E-state index contributed by atoms with van der Waals surface area (Å²) in [6.07, 6.45) is 7.02. The molecule has 1 saturated heterocycles. The predicted molar refractivity (Wildman–Crippen MR) is 53.4 cm³/mol.